The average molecular weight is 361 g/mol. The molecule has 136 valence electrons. The summed E-state index contributed by atoms with van der Waals surface area (Å²) in [6.45, 7) is 1.99. The molecule has 27 heavy (non-hydrogen) atoms. The van der Waals surface area contributed by atoms with Crippen LogP contribution in [0.25, 0.3) is 22.1 Å². The van der Waals surface area contributed by atoms with Crippen LogP contribution in [0.3, 0.4) is 0 Å². The minimum absolute atomic E-state index is 0.0220. The summed E-state index contributed by atoms with van der Waals surface area (Å²) in [7, 11) is 0. The van der Waals surface area contributed by atoms with Crippen molar-refractivity contribution < 1.29 is 4.79 Å². The highest BCUT2D eigenvalue weighted by molar-refractivity contribution is 5.97. The Labute approximate surface area is 154 Å². The Kier molecular flexibility index (Phi) is 4.08. The number of fused-ring (bicyclic) bond motifs is 2. The van der Waals surface area contributed by atoms with Crippen LogP contribution in [0.5, 0.6) is 0 Å². The van der Waals surface area contributed by atoms with E-state index in [-0.39, 0.29) is 11.7 Å². The first-order chi connectivity index (χ1) is 13.0. The minimum Gasteiger partial charge on any atom is -0.384 e. The lowest BCUT2D eigenvalue weighted by atomic mass is 10.2. The SMILES string of the molecule is CC(=O)NCc1ccc2nc(Cc3nc4cc(C(=N)N)ccc4[nH]3)[nH]c2c1. The van der Waals surface area contributed by atoms with Crippen molar-refractivity contribution in [3.63, 3.8) is 0 Å². The average Bonchev–Trinajstić information content (AvgIpc) is 3.21. The lowest BCUT2D eigenvalue weighted by Gasteiger charge is -2.01. The third-order valence-electron chi connectivity index (χ3n) is 4.31. The second-order valence-electron chi connectivity index (χ2n) is 6.45. The van der Waals surface area contributed by atoms with Gasteiger partial charge in [-0.2, -0.15) is 0 Å². The van der Waals surface area contributed by atoms with Crippen LogP contribution in [0, 0.1) is 5.41 Å². The maximum Gasteiger partial charge on any atom is 0.217 e. The van der Waals surface area contributed by atoms with Gasteiger partial charge in [0, 0.05) is 19.0 Å². The van der Waals surface area contributed by atoms with E-state index >= 15 is 0 Å². The Morgan fingerprint density at radius 1 is 1.07 bits per heavy atom. The number of aromatic amines is 2. The lowest BCUT2D eigenvalue weighted by Crippen LogP contribution is -2.18. The van der Waals surface area contributed by atoms with E-state index in [9.17, 15) is 4.79 Å². The highest BCUT2D eigenvalue weighted by atomic mass is 16.1. The number of amides is 1. The molecule has 0 saturated carbocycles. The standard InChI is InChI=1S/C19H19N7O/c1-10(27)22-9-11-2-4-13-15(6-11)25-17(23-13)8-18-24-14-5-3-12(19(20)21)7-16(14)26-18/h2-7H,8-9H2,1H3,(H3,20,21)(H,22,27)(H,23,25)(H,24,26). The first kappa shape index (κ1) is 16.8. The van der Waals surface area contributed by atoms with E-state index < -0.39 is 0 Å². The summed E-state index contributed by atoms with van der Waals surface area (Å²) in [4.78, 5) is 26.8. The second-order valence-corrected chi connectivity index (χ2v) is 6.45. The van der Waals surface area contributed by atoms with Gasteiger partial charge in [-0.3, -0.25) is 10.2 Å². The predicted molar refractivity (Wildman–Crippen MR) is 104 cm³/mol. The summed E-state index contributed by atoms with van der Waals surface area (Å²) < 4.78 is 0. The van der Waals surface area contributed by atoms with E-state index in [1.807, 2.05) is 24.3 Å². The van der Waals surface area contributed by atoms with Crippen LogP contribution in [0.2, 0.25) is 0 Å². The molecular formula is C19H19N7O. The molecule has 8 heteroatoms. The first-order valence-electron chi connectivity index (χ1n) is 8.53. The van der Waals surface area contributed by atoms with Crippen molar-refractivity contribution in [3.8, 4) is 0 Å². The fourth-order valence-electron chi connectivity index (χ4n) is 3.00. The zero-order chi connectivity index (χ0) is 19.0. The number of carbonyl (C=O) groups is 1. The van der Waals surface area contributed by atoms with Crippen LogP contribution >= 0.6 is 0 Å². The molecule has 0 fully saturated rings. The van der Waals surface area contributed by atoms with Crippen LogP contribution in [-0.2, 0) is 17.8 Å². The van der Waals surface area contributed by atoms with E-state index in [0.29, 0.717) is 18.5 Å². The monoisotopic (exact) mass is 361 g/mol. The zero-order valence-electron chi connectivity index (χ0n) is 14.8. The number of carbonyl (C=O) groups excluding carboxylic acids is 1. The maximum atomic E-state index is 11.1. The van der Waals surface area contributed by atoms with Gasteiger partial charge in [-0.15, -0.1) is 0 Å². The third kappa shape index (κ3) is 3.50. The van der Waals surface area contributed by atoms with Crippen molar-refractivity contribution in [2.75, 3.05) is 0 Å². The number of imidazole rings is 2. The predicted octanol–water partition coefficient (Wildman–Crippen LogP) is 1.95. The van der Waals surface area contributed by atoms with Crippen LogP contribution < -0.4 is 11.1 Å². The number of nitrogens with one attached hydrogen (secondary N) is 4. The van der Waals surface area contributed by atoms with Gasteiger partial charge in [-0.25, -0.2) is 9.97 Å². The Balaban J connectivity index is 1.58. The Bertz CT molecular complexity index is 1170. The van der Waals surface area contributed by atoms with E-state index in [4.69, 9.17) is 11.1 Å². The van der Waals surface area contributed by atoms with E-state index in [1.54, 1.807) is 12.1 Å². The molecule has 4 rings (SSSR count). The Morgan fingerprint density at radius 3 is 2.56 bits per heavy atom. The second kappa shape index (κ2) is 6.56. The van der Waals surface area contributed by atoms with Gasteiger partial charge in [0.2, 0.25) is 5.91 Å². The minimum atomic E-state index is -0.0572. The van der Waals surface area contributed by atoms with Crippen molar-refractivity contribution in [1.82, 2.24) is 25.3 Å². The number of nitrogens with two attached hydrogens (primary N) is 1. The van der Waals surface area contributed by atoms with Crippen LogP contribution in [0.15, 0.2) is 36.4 Å². The number of amidine groups is 1. The van der Waals surface area contributed by atoms with Crippen molar-refractivity contribution >= 4 is 33.8 Å². The molecule has 0 saturated heterocycles. The van der Waals surface area contributed by atoms with Crippen LogP contribution in [0.4, 0.5) is 0 Å². The fourth-order valence-corrected chi connectivity index (χ4v) is 3.00. The molecule has 2 aromatic heterocycles. The van der Waals surface area contributed by atoms with Crippen molar-refractivity contribution in [2.45, 2.75) is 19.9 Å². The van der Waals surface area contributed by atoms with E-state index in [0.717, 1.165) is 39.3 Å². The van der Waals surface area contributed by atoms with Gasteiger partial charge in [0.15, 0.2) is 0 Å². The third-order valence-corrected chi connectivity index (χ3v) is 4.31. The summed E-state index contributed by atoms with van der Waals surface area (Å²) in [5, 5.41) is 10.3. The smallest absolute Gasteiger partial charge is 0.217 e. The number of benzene rings is 2. The Morgan fingerprint density at radius 2 is 1.81 bits per heavy atom. The molecule has 6 N–H and O–H groups in total. The molecule has 0 aliphatic carbocycles. The molecule has 8 nitrogen and oxygen atoms in total. The molecule has 0 bridgehead atoms. The molecule has 0 radical (unpaired) electrons. The number of hydrogen-bond acceptors (Lipinski definition) is 4. The van der Waals surface area contributed by atoms with Gasteiger partial charge in [-0.1, -0.05) is 6.07 Å². The van der Waals surface area contributed by atoms with Gasteiger partial charge < -0.3 is 21.0 Å². The summed E-state index contributed by atoms with van der Waals surface area (Å²) in [5.41, 5.74) is 10.6. The van der Waals surface area contributed by atoms with Crippen molar-refractivity contribution in [3.05, 3.63) is 59.2 Å². The largest absolute Gasteiger partial charge is 0.384 e. The summed E-state index contributed by atoms with van der Waals surface area (Å²) in [6, 6.07) is 11.3. The van der Waals surface area contributed by atoms with E-state index in [1.165, 1.54) is 6.92 Å². The molecule has 1 amide bonds. The molecule has 0 spiro atoms. The molecule has 0 aliphatic heterocycles. The van der Waals surface area contributed by atoms with Gasteiger partial charge in [0.25, 0.3) is 0 Å². The zero-order valence-corrected chi connectivity index (χ0v) is 14.8. The molecule has 0 atom stereocenters. The lowest BCUT2D eigenvalue weighted by molar-refractivity contribution is -0.119. The molecular weight excluding hydrogens is 342 g/mol. The first-order valence-corrected chi connectivity index (χ1v) is 8.53. The van der Waals surface area contributed by atoms with Gasteiger partial charge in [-0.05, 0) is 35.9 Å². The number of nitrogens with zero attached hydrogens (tertiary/aromatic N) is 2. The number of H-pyrrole nitrogens is 2. The molecule has 2 aromatic carbocycles. The summed E-state index contributed by atoms with van der Waals surface area (Å²) in [6.07, 6.45) is 0.528. The van der Waals surface area contributed by atoms with Crippen LogP contribution in [-0.4, -0.2) is 31.7 Å². The Hall–Kier alpha value is -3.68. The highest BCUT2D eigenvalue weighted by Gasteiger charge is 2.09. The van der Waals surface area contributed by atoms with Gasteiger partial charge in [0.1, 0.15) is 17.5 Å². The summed E-state index contributed by atoms with van der Waals surface area (Å²) in [5.74, 6) is 1.54. The van der Waals surface area contributed by atoms with Gasteiger partial charge in [0.05, 0.1) is 28.5 Å². The number of rotatable bonds is 5. The topological polar surface area (TPSA) is 136 Å². The molecule has 0 aliphatic rings. The molecule has 0 unspecified atom stereocenters. The maximum absolute atomic E-state index is 11.1. The molecule has 2 heterocycles. The number of aromatic nitrogens is 4. The quantitative estimate of drug-likeness (QED) is 0.274. The number of nitrogen functional groups attached to an aromatic ring is 1. The highest BCUT2D eigenvalue weighted by Crippen LogP contribution is 2.18. The van der Waals surface area contributed by atoms with E-state index in [2.05, 4.69) is 25.3 Å². The van der Waals surface area contributed by atoms with Crippen molar-refractivity contribution in [1.29, 1.82) is 5.41 Å². The fraction of sp³-hybridized carbons (Fsp3) is 0.158. The van der Waals surface area contributed by atoms with Gasteiger partial charge >= 0.3 is 0 Å². The summed E-state index contributed by atoms with van der Waals surface area (Å²) >= 11 is 0. The molecule has 4 aromatic rings. The van der Waals surface area contributed by atoms with Crippen molar-refractivity contribution in [2.24, 2.45) is 5.73 Å². The normalized spacial score (nSPS) is 11.1. The van der Waals surface area contributed by atoms with Crippen LogP contribution in [0.1, 0.15) is 29.7 Å². The number of hydrogen-bond donors (Lipinski definition) is 5.